The Hall–Kier alpha value is -3.40. The number of nitrogens with zero attached hydrogens (tertiary/aromatic N) is 1. The molecule has 1 atom stereocenters. The summed E-state index contributed by atoms with van der Waals surface area (Å²) in [6.07, 6.45) is -4.74. The van der Waals surface area contributed by atoms with Crippen LogP contribution in [0.4, 0.5) is 13.2 Å². The molecule has 0 unspecified atom stereocenters. The molecule has 2 aromatic carbocycles. The smallest absolute Gasteiger partial charge is 0.480 e. The van der Waals surface area contributed by atoms with Crippen molar-refractivity contribution in [3.63, 3.8) is 0 Å². The molecule has 1 aromatic heterocycles. The van der Waals surface area contributed by atoms with Gasteiger partial charge >= 0.3 is 12.3 Å². The number of amides is 1. The van der Waals surface area contributed by atoms with Gasteiger partial charge in [0, 0.05) is 17.4 Å². The lowest BCUT2D eigenvalue weighted by Gasteiger charge is -2.14. The van der Waals surface area contributed by atoms with Crippen molar-refractivity contribution in [3.8, 4) is 16.3 Å². The van der Waals surface area contributed by atoms with Crippen molar-refractivity contribution >= 4 is 23.2 Å². The van der Waals surface area contributed by atoms with Gasteiger partial charge in [0.2, 0.25) is 5.91 Å². The Morgan fingerprint density at radius 2 is 1.77 bits per heavy atom. The summed E-state index contributed by atoms with van der Waals surface area (Å²) < 4.78 is 40.6. The van der Waals surface area contributed by atoms with E-state index < -0.39 is 24.3 Å². The fraction of sp³-hybridized carbons (Fsp3) is 0.190. The van der Waals surface area contributed by atoms with Crippen molar-refractivity contribution in [1.82, 2.24) is 10.3 Å². The van der Waals surface area contributed by atoms with Crippen LogP contribution in [0.3, 0.4) is 0 Å². The molecule has 1 amide bonds. The van der Waals surface area contributed by atoms with Crippen LogP contribution in [0.2, 0.25) is 0 Å². The molecule has 0 aliphatic heterocycles. The lowest BCUT2D eigenvalue weighted by molar-refractivity contribution is -0.274. The largest absolute Gasteiger partial charge is 0.573 e. The van der Waals surface area contributed by atoms with Gasteiger partial charge in [-0.3, -0.25) is 4.79 Å². The van der Waals surface area contributed by atoms with Crippen molar-refractivity contribution < 1.29 is 32.6 Å². The molecule has 31 heavy (non-hydrogen) atoms. The first kappa shape index (κ1) is 22.3. The SMILES string of the molecule is O=C(Cc1csc(-c2ccc(OC(F)(F)F)cc2)n1)N[C@@H](Cc1ccccc1)C(=O)O. The number of thiazole rings is 1. The minimum Gasteiger partial charge on any atom is -0.480 e. The molecular formula is C21H17F3N2O4S. The standard InChI is InChI=1S/C21H17F3N2O4S/c22-21(23,24)30-16-8-6-14(7-9-16)19-25-15(12-31-19)11-18(27)26-17(20(28)29)10-13-4-2-1-3-5-13/h1-9,12,17H,10-11H2,(H,26,27)(H,28,29)/t17-/m0/s1. The van der Waals surface area contributed by atoms with Gasteiger partial charge in [-0.15, -0.1) is 24.5 Å². The molecule has 0 aliphatic carbocycles. The van der Waals surface area contributed by atoms with Gasteiger partial charge in [-0.05, 0) is 29.8 Å². The van der Waals surface area contributed by atoms with Crippen LogP contribution in [0.15, 0.2) is 60.0 Å². The minimum absolute atomic E-state index is 0.121. The highest BCUT2D eigenvalue weighted by molar-refractivity contribution is 7.13. The fourth-order valence-corrected chi connectivity index (χ4v) is 3.61. The van der Waals surface area contributed by atoms with Crippen LogP contribution in [0.25, 0.3) is 10.6 Å². The van der Waals surface area contributed by atoms with E-state index in [0.29, 0.717) is 16.3 Å². The molecular weight excluding hydrogens is 433 g/mol. The van der Waals surface area contributed by atoms with E-state index in [1.807, 2.05) is 6.07 Å². The molecule has 162 valence electrons. The average molecular weight is 450 g/mol. The summed E-state index contributed by atoms with van der Waals surface area (Å²) in [5.41, 5.74) is 1.78. The molecule has 0 aliphatic rings. The number of ether oxygens (including phenoxy) is 1. The highest BCUT2D eigenvalue weighted by Crippen LogP contribution is 2.28. The topological polar surface area (TPSA) is 88.5 Å². The molecule has 6 nitrogen and oxygen atoms in total. The lowest BCUT2D eigenvalue weighted by Crippen LogP contribution is -2.43. The second-order valence-electron chi connectivity index (χ2n) is 6.54. The Morgan fingerprint density at radius 3 is 2.39 bits per heavy atom. The van der Waals surface area contributed by atoms with Gasteiger partial charge in [-0.25, -0.2) is 9.78 Å². The van der Waals surface area contributed by atoms with E-state index in [-0.39, 0.29) is 18.6 Å². The van der Waals surface area contributed by atoms with E-state index in [0.717, 1.165) is 5.56 Å². The number of rotatable bonds is 8. The molecule has 0 radical (unpaired) electrons. The normalized spacial score (nSPS) is 12.2. The van der Waals surface area contributed by atoms with Gasteiger partial charge in [0.15, 0.2) is 0 Å². The molecule has 10 heteroatoms. The molecule has 0 spiro atoms. The van der Waals surface area contributed by atoms with Gasteiger partial charge in [-0.1, -0.05) is 30.3 Å². The minimum atomic E-state index is -4.77. The van der Waals surface area contributed by atoms with Crippen molar-refractivity contribution in [2.24, 2.45) is 0 Å². The van der Waals surface area contributed by atoms with Gasteiger partial charge in [-0.2, -0.15) is 0 Å². The zero-order valence-electron chi connectivity index (χ0n) is 15.9. The van der Waals surface area contributed by atoms with E-state index in [1.165, 1.54) is 35.6 Å². The van der Waals surface area contributed by atoms with Crippen molar-refractivity contribution in [2.75, 3.05) is 0 Å². The Kier molecular flexibility index (Phi) is 6.91. The third-order valence-corrected chi connectivity index (χ3v) is 5.08. The zero-order chi connectivity index (χ0) is 22.4. The summed E-state index contributed by atoms with van der Waals surface area (Å²) in [4.78, 5) is 28.1. The summed E-state index contributed by atoms with van der Waals surface area (Å²) in [6.45, 7) is 0. The Morgan fingerprint density at radius 1 is 1.10 bits per heavy atom. The fourth-order valence-electron chi connectivity index (χ4n) is 2.78. The van der Waals surface area contributed by atoms with Crippen LogP contribution in [0.5, 0.6) is 5.75 Å². The second-order valence-corrected chi connectivity index (χ2v) is 7.40. The monoisotopic (exact) mass is 450 g/mol. The molecule has 0 bridgehead atoms. The van der Waals surface area contributed by atoms with Crippen LogP contribution < -0.4 is 10.1 Å². The van der Waals surface area contributed by atoms with Crippen molar-refractivity contribution in [2.45, 2.75) is 25.2 Å². The number of benzene rings is 2. The average Bonchev–Trinajstić information content (AvgIpc) is 3.16. The summed E-state index contributed by atoms with van der Waals surface area (Å²) >= 11 is 1.22. The van der Waals surface area contributed by atoms with Crippen LogP contribution in [0, 0.1) is 0 Å². The summed E-state index contributed by atoms with van der Waals surface area (Å²) in [7, 11) is 0. The van der Waals surface area contributed by atoms with Gasteiger partial charge in [0.25, 0.3) is 0 Å². The Balaban J connectivity index is 1.60. The predicted molar refractivity (Wildman–Crippen MR) is 108 cm³/mol. The van der Waals surface area contributed by atoms with Crippen molar-refractivity contribution in [1.29, 1.82) is 0 Å². The first-order valence-corrected chi connectivity index (χ1v) is 9.94. The molecule has 0 fully saturated rings. The molecule has 1 heterocycles. The number of nitrogens with one attached hydrogen (secondary N) is 1. The quantitative estimate of drug-likeness (QED) is 0.540. The number of alkyl halides is 3. The maximum absolute atomic E-state index is 12.3. The lowest BCUT2D eigenvalue weighted by atomic mass is 10.1. The third-order valence-electron chi connectivity index (χ3n) is 4.14. The molecule has 0 saturated heterocycles. The van der Waals surface area contributed by atoms with Gasteiger partial charge in [0.05, 0.1) is 12.1 Å². The molecule has 0 saturated carbocycles. The zero-order valence-corrected chi connectivity index (χ0v) is 16.7. The van der Waals surface area contributed by atoms with Crippen LogP contribution in [0.1, 0.15) is 11.3 Å². The number of aliphatic carboxylic acids is 1. The van der Waals surface area contributed by atoms with E-state index >= 15 is 0 Å². The van der Waals surface area contributed by atoms with E-state index in [2.05, 4.69) is 15.0 Å². The highest BCUT2D eigenvalue weighted by atomic mass is 32.1. The Labute approximate surface area is 179 Å². The third kappa shape index (κ3) is 6.82. The van der Waals surface area contributed by atoms with E-state index in [1.54, 1.807) is 29.6 Å². The number of aromatic nitrogens is 1. The first-order valence-electron chi connectivity index (χ1n) is 9.06. The maximum Gasteiger partial charge on any atom is 0.573 e. The van der Waals surface area contributed by atoms with Crippen LogP contribution in [-0.2, 0) is 22.4 Å². The number of carbonyl (C=O) groups excluding carboxylic acids is 1. The van der Waals surface area contributed by atoms with Crippen molar-refractivity contribution in [3.05, 3.63) is 71.2 Å². The van der Waals surface area contributed by atoms with Crippen LogP contribution >= 0.6 is 11.3 Å². The number of carboxylic acids is 1. The number of hydrogen-bond acceptors (Lipinski definition) is 5. The van der Waals surface area contributed by atoms with E-state index in [9.17, 15) is 27.9 Å². The predicted octanol–water partition coefficient (Wildman–Crippen LogP) is 4.06. The molecule has 3 aromatic rings. The summed E-state index contributed by atoms with van der Waals surface area (Å²) in [5.74, 6) is -1.98. The van der Waals surface area contributed by atoms with E-state index in [4.69, 9.17) is 0 Å². The Bertz CT molecular complexity index is 1040. The first-order chi connectivity index (χ1) is 14.7. The van der Waals surface area contributed by atoms with Crippen LogP contribution in [-0.4, -0.2) is 34.4 Å². The molecule has 2 N–H and O–H groups in total. The number of carboxylic acid groups (broad SMARTS) is 1. The number of halogens is 3. The molecule has 3 rings (SSSR count). The maximum atomic E-state index is 12.3. The van der Waals surface area contributed by atoms with Gasteiger partial charge < -0.3 is 15.2 Å². The summed E-state index contributed by atoms with van der Waals surface area (Å²) in [5, 5.41) is 14.0. The summed E-state index contributed by atoms with van der Waals surface area (Å²) in [6, 6.07) is 13.1. The number of hydrogen-bond donors (Lipinski definition) is 2. The highest BCUT2D eigenvalue weighted by Gasteiger charge is 2.31. The number of carbonyl (C=O) groups is 2. The second kappa shape index (κ2) is 9.61. The van der Waals surface area contributed by atoms with Gasteiger partial charge in [0.1, 0.15) is 16.8 Å².